The van der Waals surface area contributed by atoms with Crippen molar-refractivity contribution >= 4 is 11.8 Å². The second-order valence-corrected chi connectivity index (χ2v) is 7.45. The topological polar surface area (TPSA) is 52.7 Å². The fourth-order valence-corrected chi connectivity index (χ4v) is 3.92. The highest BCUT2D eigenvalue weighted by Crippen LogP contribution is 2.25. The molecule has 1 N–H and O–H groups in total. The maximum absolute atomic E-state index is 13.0. The van der Waals surface area contributed by atoms with Gasteiger partial charge in [-0.15, -0.1) is 0 Å². The molecule has 0 saturated carbocycles. The van der Waals surface area contributed by atoms with Crippen LogP contribution in [0, 0.1) is 17.7 Å². The quantitative estimate of drug-likeness (QED) is 0.894. The first-order chi connectivity index (χ1) is 12.5. The van der Waals surface area contributed by atoms with Gasteiger partial charge < -0.3 is 15.1 Å². The van der Waals surface area contributed by atoms with Crippen LogP contribution in [0.3, 0.4) is 0 Å². The summed E-state index contributed by atoms with van der Waals surface area (Å²) in [6.45, 7) is 6.49. The molecule has 1 atom stereocenters. The lowest BCUT2D eigenvalue weighted by atomic mass is 9.84. The molecule has 1 aromatic carbocycles. The van der Waals surface area contributed by atoms with Crippen LogP contribution in [0.1, 0.15) is 36.5 Å². The normalized spacial score (nSPS) is 20.1. The minimum atomic E-state index is -0.347. The van der Waals surface area contributed by atoms with E-state index in [0.717, 1.165) is 25.9 Å². The van der Waals surface area contributed by atoms with Gasteiger partial charge in [0, 0.05) is 38.2 Å². The van der Waals surface area contributed by atoms with Crippen LogP contribution in [-0.2, 0) is 4.79 Å². The maximum Gasteiger partial charge on any atom is 0.253 e. The third-order valence-electron chi connectivity index (χ3n) is 5.70. The zero-order valence-electron chi connectivity index (χ0n) is 15.4. The summed E-state index contributed by atoms with van der Waals surface area (Å²) in [5, 5.41) is 3.36. The lowest BCUT2D eigenvalue weighted by Crippen LogP contribution is -2.51. The average molecular weight is 361 g/mol. The van der Waals surface area contributed by atoms with Gasteiger partial charge in [-0.25, -0.2) is 4.39 Å². The van der Waals surface area contributed by atoms with E-state index in [9.17, 15) is 14.0 Å². The summed E-state index contributed by atoms with van der Waals surface area (Å²) < 4.78 is 13.0. The minimum Gasteiger partial charge on any atom is -0.339 e. The average Bonchev–Trinajstić information content (AvgIpc) is 2.69. The predicted molar refractivity (Wildman–Crippen MR) is 98.3 cm³/mol. The molecule has 0 radical (unpaired) electrons. The number of hydrogen-bond acceptors (Lipinski definition) is 3. The van der Waals surface area contributed by atoms with Gasteiger partial charge in [-0.2, -0.15) is 0 Å². The number of carbonyl (C=O) groups is 2. The van der Waals surface area contributed by atoms with Crippen LogP contribution in [0.4, 0.5) is 4.39 Å². The molecule has 1 aromatic rings. The molecule has 0 bridgehead atoms. The lowest BCUT2D eigenvalue weighted by molar-refractivity contribution is -0.134. The molecule has 142 valence electrons. The van der Waals surface area contributed by atoms with Crippen molar-refractivity contribution in [1.82, 2.24) is 15.1 Å². The van der Waals surface area contributed by atoms with Crippen molar-refractivity contribution in [2.24, 2.45) is 11.8 Å². The van der Waals surface area contributed by atoms with Crippen LogP contribution < -0.4 is 5.32 Å². The zero-order valence-corrected chi connectivity index (χ0v) is 15.4. The molecular formula is C20H28FN3O2. The Hall–Kier alpha value is -1.95. The predicted octanol–water partition coefficient (Wildman–Crippen LogP) is 2.14. The number of piperazine rings is 1. The first-order valence-corrected chi connectivity index (χ1v) is 9.58. The number of nitrogens with zero attached hydrogens (tertiary/aromatic N) is 2. The van der Waals surface area contributed by atoms with Crippen molar-refractivity contribution in [2.75, 3.05) is 39.3 Å². The monoisotopic (exact) mass is 361 g/mol. The third kappa shape index (κ3) is 4.61. The largest absolute Gasteiger partial charge is 0.339 e. The first-order valence-electron chi connectivity index (χ1n) is 9.58. The Labute approximate surface area is 154 Å². The summed E-state index contributed by atoms with van der Waals surface area (Å²) in [6, 6.07) is 5.62. The highest BCUT2D eigenvalue weighted by molar-refractivity contribution is 5.94. The molecule has 5 nitrogen and oxygen atoms in total. The Kier molecular flexibility index (Phi) is 6.25. The molecule has 2 aliphatic heterocycles. The third-order valence-corrected chi connectivity index (χ3v) is 5.70. The number of hydrogen-bond donors (Lipinski definition) is 1. The molecule has 26 heavy (non-hydrogen) atoms. The number of rotatable bonds is 4. The maximum atomic E-state index is 13.0. The molecule has 2 heterocycles. The van der Waals surface area contributed by atoms with Crippen LogP contribution in [0.2, 0.25) is 0 Å². The summed E-state index contributed by atoms with van der Waals surface area (Å²) in [6.07, 6.45) is 2.89. The Morgan fingerprint density at radius 1 is 1.08 bits per heavy atom. The van der Waals surface area contributed by atoms with Gasteiger partial charge in [-0.1, -0.05) is 6.92 Å². The van der Waals surface area contributed by atoms with Crippen molar-refractivity contribution in [3.8, 4) is 0 Å². The lowest BCUT2D eigenvalue weighted by Gasteiger charge is -2.36. The fourth-order valence-electron chi connectivity index (χ4n) is 3.92. The highest BCUT2D eigenvalue weighted by atomic mass is 19.1. The number of benzene rings is 1. The fraction of sp³-hybridized carbons (Fsp3) is 0.600. The second kappa shape index (κ2) is 8.62. The molecule has 0 spiro atoms. The van der Waals surface area contributed by atoms with Crippen molar-refractivity contribution in [3.63, 3.8) is 0 Å². The van der Waals surface area contributed by atoms with Crippen molar-refractivity contribution in [2.45, 2.75) is 26.2 Å². The van der Waals surface area contributed by atoms with Gasteiger partial charge in [0.05, 0.1) is 0 Å². The van der Waals surface area contributed by atoms with Gasteiger partial charge >= 0.3 is 0 Å². The molecule has 0 aliphatic carbocycles. The second-order valence-electron chi connectivity index (χ2n) is 7.45. The van der Waals surface area contributed by atoms with Crippen LogP contribution in [0.15, 0.2) is 24.3 Å². The number of nitrogens with one attached hydrogen (secondary N) is 1. The molecule has 2 amide bonds. The summed E-state index contributed by atoms with van der Waals surface area (Å²) in [4.78, 5) is 28.7. The van der Waals surface area contributed by atoms with Crippen LogP contribution in [0.25, 0.3) is 0 Å². The van der Waals surface area contributed by atoms with E-state index >= 15 is 0 Å². The van der Waals surface area contributed by atoms with Gasteiger partial charge in [-0.3, -0.25) is 9.59 Å². The molecule has 2 fully saturated rings. The van der Waals surface area contributed by atoms with E-state index in [1.165, 1.54) is 24.3 Å². The molecule has 2 aliphatic rings. The van der Waals surface area contributed by atoms with Crippen molar-refractivity contribution < 1.29 is 14.0 Å². The molecule has 3 rings (SSSR count). The van der Waals surface area contributed by atoms with Crippen LogP contribution in [0.5, 0.6) is 0 Å². The Bertz CT molecular complexity index is 620. The van der Waals surface area contributed by atoms with E-state index in [-0.39, 0.29) is 17.6 Å². The molecule has 0 aromatic heterocycles. The van der Waals surface area contributed by atoms with E-state index in [0.29, 0.717) is 50.0 Å². The summed E-state index contributed by atoms with van der Waals surface area (Å²) in [7, 11) is 0. The van der Waals surface area contributed by atoms with Crippen LogP contribution in [-0.4, -0.2) is 60.9 Å². The van der Waals surface area contributed by atoms with Crippen molar-refractivity contribution in [1.29, 1.82) is 0 Å². The number of halogens is 1. The molecule has 6 heteroatoms. The molecule has 2 saturated heterocycles. The van der Waals surface area contributed by atoms with Gasteiger partial charge in [0.2, 0.25) is 5.91 Å². The van der Waals surface area contributed by atoms with E-state index in [2.05, 4.69) is 12.2 Å². The Morgan fingerprint density at radius 2 is 1.65 bits per heavy atom. The number of carbonyl (C=O) groups excluding carboxylic acids is 2. The first kappa shape index (κ1) is 18.8. The van der Waals surface area contributed by atoms with Gasteiger partial charge in [-0.05, 0) is 62.0 Å². The Balaban J connectivity index is 1.47. The van der Waals surface area contributed by atoms with E-state index in [1.54, 1.807) is 4.90 Å². The standard InChI is InChI=1S/C20H28FN3O2/c1-15(16-6-8-22-9-7-16)14-19(25)23-10-12-24(13-11-23)20(26)17-2-4-18(21)5-3-17/h2-5,15-16,22H,6-14H2,1H3. The van der Waals surface area contributed by atoms with E-state index in [4.69, 9.17) is 0 Å². The SMILES string of the molecule is CC(CC(=O)N1CCN(C(=O)c2ccc(F)cc2)CC1)C1CCNCC1. The number of amides is 2. The van der Waals surface area contributed by atoms with Crippen LogP contribution >= 0.6 is 0 Å². The zero-order chi connectivity index (χ0) is 18.5. The van der Waals surface area contributed by atoms with Crippen molar-refractivity contribution in [3.05, 3.63) is 35.6 Å². The summed E-state index contributed by atoms with van der Waals surface area (Å²) >= 11 is 0. The number of piperidine rings is 1. The highest BCUT2D eigenvalue weighted by Gasteiger charge is 2.28. The van der Waals surface area contributed by atoms with Gasteiger partial charge in [0.15, 0.2) is 0 Å². The Morgan fingerprint density at radius 3 is 2.27 bits per heavy atom. The van der Waals surface area contributed by atoms with Gasteiger partial charge in [0.25, 0.3) is 5.91 Å². The molecular weight excluding hydrogens is 333 g/mol. The summed E-state index contributed by atoms with van der Waals surface area (Å²) in [5.74, 6) is 0.787. The summed E-state index contributed by atoms with van der Waals surface area (Å²) in [5.41, 5.74) is 0.491. The van der Waals surface area contributed by atoms with E-state index in [1.807, 2.05) is 4.90 Å². The smallest absolute Gasteiger partial charge is 0.253 e. The molecule has 1 unspecified atom stereocenters. The van der Waals surface area contributed by atoms with E-state index < -0.39 is 0 Å². The minimum absolute atomic E-state index is 0.0971. The van der Waals surface area contributed by atoms with Gasteiger partial charge in [0.1, 0.15) is 5.82 Å².